The zero-order valence-corrected chi connectivity index (χ0v) is 14.1. The minimum Gasteiger partial charge on any atom is -0.340 e. The first kappa shape index (κ1) is 16.3. The second-order valence-corrected chi connectivity index (χ2v) is 7.67. The number of carbonyl (C=O) groups excluding carboxylic acids is 1. The van der Waals surface area contributed by atoms with Crippen LogP contribution >= 0.6 is 0 Å². The number of piperidine rings is 1. The number of hydrogen-bond donors (Lipinski definition) is 1. The van der Waals surface area contributed by atoms with Crippen molar-refractivity contribution in [3.05, 3.63) is 0 Å². The summed E-state index contributed by atoms with van der Waals surface area (Å²) in [7, 11) is 0. The average Bonchev–Trinajstić information content (AvgIpc) is 2.79. The van der Waals surface area contributed by atoms with Crippen LogP contribution in [0.4, 0.5) is 0 Å². The van der Waals surface area contributed by atoms with Crippen molar-refractivity contribution in [2.45, 2.75) is 57.8 Å². The van der Waals surface area contributed by atoms with Crippen LogP contribution in [0.3, 0.4) is 0 Å². The minimum atomic E-state index is 0.363. The van der Waals surface area contributed by atoms with Gasteiger partial charge in [-0.2, -0.15) is 0 Å². The van der Waals surface area contributed by atoms with Gasteiger partial charge in [0.05, 0.1) is 0 Å². The predicted molar refractivity (Wildman–Crippen MR) is 89.9 cm³/mol. The van der Waals surface area contributed by atoms with E-state index in [-0.39, 0.29) is 0 Å². The van der Waals surface area contributed by atoms with Crippen molar-refractivity contribution in [2.75, 3.05) is 45.8 Å². The van der Waals surface area contributed by atoms with Crippen molar-refractivity contribution in [3.8, 4) is 0 Å². The molecule has 1 aliphatic carbocycles. The van der Waals surface area contributed by atoms with E-state index in [9.17, 15) is 4.79 Å². The summed E-state index contributed by atoms with van der Waals surface area (Å²) < 4.78 is 0. The Balaban J connectivity index is 1.46. The molecule has 3 rings (SSSR count). The maximum atomic E-state index is 12.3. The summed E-state index contributed by atoms with van der Waals surface area (Å²) in [6.45, 7) is 7.13. The van der Waals surface area contributed by atoms with Gasteiger partial charge in [0.2, 0.25) is 5.91 Å². The maximum absolute atomic E-state index is 12.3. The first-order chi connectivity index (χ1) is 10.8. The fraction of sp³-hybridized carbons (Fsp3) is 0.944. The molecule has 0 aromatic rings. The van der Waals surface area contributed by atoms with Crippen molar-refractivity contribution in [2.24, 2.45) is 5.41 Å². The first-order valence-corrected chi connectivity index (χ1v) is 9.48. The summed E-state index contributed by atoms with van der Waals surface area (Å²) >= 11 is 0. The number of rotatable bonds is 3. The summed E-state index contributed by atoms with van der Waals surface area (Å²) in [6, 6.07) is 0. The van der Waals surface area contributed by atoms with Gasteiger partial charge in [0.15, 0.2) is 0 Å². The molecule has 0 bridgehead atoms. The lowest BCUT2D eigenvalue weighted by molar-refractivity contribution is -0.132. The molecular weight excluding hydrogens is 274 g/mol. The molecule has 0 unspecified atom stereocenters. The lowest BCUT2D eigenvalue weighted by atomic mass is 9.74. The highest BCUT2D eigenvalue weighted by atomic mass is 16.2. The number of nitrogens with zero attached hydrogens (tertiary/aromatic N) is 2. The Morgan fingerprint density at radius 3 is 2.32 bits per heavy atom. The van der Waals surface area contributed by atoms with Crippen LogP contribution in [0.1, 0.15) is 57.8 Å². The highest BCUT2D eigenvalue weighted by Gasteiger charge is 2.35. The summed E-state index contributed by atoms with van der Waals surface area (Å²) in [5.41, 5.74) is 0.590. The van der Waals surface area contributed by atoms with Gasteiger partial charge in [0.25, 0.3) is 0 Å². The number of amides is 1. The molecule has 126 valence electrons. The Labute approximate surface area is 135 Å². The van der Waals surface area contributed by atoms with Crippen LogP contribution in [0.2, 0.25) is 0 Å². The van der Waals surface area contributed by atoms with Crippen LogP contribution in [0, 0.1) is 5.41 Å². The van der Waals surface area contributed by atoms with E-state index in [1.807, 2.05) is 4.90 Å². The predicted octanol–water partition coefficient (Wildman–Crippen LogP) is 2.24. The molecule has 22 heavy (non-hydrogen) atoms. The van der Waals surface area contributed by atoms with Gasteiger partial charge in [-0.15, -0.1) is 0 Å². The summed E-state index contributed by atoms with van der Waals surface area (Å²) in [4.78, 5) is 17.0. The van der Waals surface area contributed by atoms with Gasteiger partial charge in [-0.25, -0.2) is 0 Å². The molecule has 1 N–H and O–H groups in total. The molecule has 0 radical (unpaired) electrons. The zero-order chi connectivity index (χ0) is 15.3. The van der Waals surface area contributed by atoms with E-state index in [0.717, 1.165) is 39.1 Å². The number of likely N-dealkylation sites (tertiary alicyclic amines) is 1. The molecule has 1 spiro atoms. The average molecular weight is 307 g/mol. The SMILES string of the molecule is O=C(CCN1CCCC2(CCCCCC2)C1)N1CCNCC1. The van der Waals surface area contributed by atoms with Crippen LogP contribution in [0.5, 0.6) is 0 Å². The van der Waals surface area contributed by atoms with Crippen LogP contribution in [0.25, 0.3) is 0 Å². The Morgan fingerprint density at radius 1 is 0.909 bits per heavy atom. The number of carbonyl (C=O) groups is 1. The van der Waals surface area contributed by atoms with Crippen molar-refractivity contribution < 1.29 is 4.79 Å². The van der Waals surface area contributed by atoms with Gasteiger partial charge in [0, 0.05) is 45.7 Å². The number of hydrogen-bond acceptors (Lipinski definition) is 3. The lowest BCUT2D eigenvalue weighted by Crippen LogP contribution is -2.48. The van der Waals surface area contributed by atoms with Crippen LogP contribution in [-0.4, -0.2) is 61.5 Å². The first-order valence-electron chi connectivity index (χ1n) is 9.48. The summed E-state index contributed by atoms with van der Waals surface area (Å²) in [6.07, 6.45) is 12.0. The Morgan fingerprint density at radius 2 is 1.59 bits per heavy atom. The molecule has 2 aliphatic heterocycles. The van der Waals surface area contributed by atoms with Gasteiger partial charge in [-0.1, -0.05) is 25.7 Å². The quantitative estimate of drug-likeness (QED) is 0.868. The molecular formula is C18H33N3O. The second kappa shape index (κ2) is 7.78. The Bertz CT molecular complexity index is 357. The minimum absolute atomic E-state index is 0.363. The zero-order valence-electron chi connectivity index (χ0n) is 14.1. The fourth-order valence-electron chi connectivity index (χ4n) is 4.71. The molecule has 3 fully saturated rings. The van der Waals surface area contributed by atoms with Crippen molar-refractivity contribution in [3.63, 3.8) is 0 Å². The monoisotopic (exact) mass is 307 g/mol. The molecule has 4 heteroatoms. The molecule has 1 saturated carbocycles. The highest BCUT2D eigenvalue weighted by molar-refractivity contribution is 5.76. The van der Waals surface area contributed by atoms with Crippen molar-refractivity contribution in [1.82, 2.24) is 15.1 Å². The third-order valence-corrected chi connectivity index (χ3v) is 6.02. The molecule has 0 atom stereocenters. The number of nitrogens with one attached hydrogen (secondary N) is 1. The second-order valence-electron chi connectivity index (χ2n) is 7.67. The van der Waals surface area contributed by atoms with E-state index < -0.39 is 0 Å². The van der Waals surface area contributed by atoms with Crippen LogP contribution < -0.4 is 5.32 Å². The van der Waals surface area contributed by atoms with Crippen molar-refractivity contribution >= 4 is 5.91 Å². The smallest absolute Gasteiger partial charge is 0.223 e. The maximum Gasteiger partial charge on any atom is 0.223 e. The molecule has 2 heterocycles. The third-order valence-electron chi connectivity index (χ3n) is 6.02. The molecule has 1 amide bonds. The lowest BCUT2D eigenvalue weighted by Gasteiger charge is -2.43. The van der Waals surface area contributed by atoms with E-state index >= 15 is 0 Å². The van der Waals surface area contributed by atoms with E-state index in [2.05, 4.69) is 10.2 Å². The summed E-state index contributed by atoms with van der Waals surface area (Å²) in [5, 5.41) is 3.32. The Hall–Kier alpha value is -0.610. The van der Waals surface area contributed by atoms with Gasteiger partial charge in [-0.3, -0.25) is 4.79 Å². The van der Waals surface area contributed by atoms with E-state index in [4.69, 9.17) is 0 Å². The van der Waals surface area contributed by atoms with Crippen LogP contribution in [0.15, 0.2) is 0 Å². The van der Waals surface area contributed by atoms with Gasteiger partial charge < -0.3 is 15.1 Å². The third kappa shape index (κ3) is 4.23. The van der Waals surface area contributed by atoms with Gasteiger partial charge >= 0.3 is 0 Å². The standard InChI is InChI=1S/C18H33N3O/c22-17(21-14-10-19-11-15-21)6-13-20-12-5-9-18(16-20)7-3-1-2-4-8-18/h19H,1-16H2. The van der Waals surface area contributed by atoms with Crippen molar-refractivity contribution in [1.29, 1.82) is 0 Å². The van der Waals surface area contributed by atoms with Gasteiger partial charge in [0.1, 0.15) is 0 Å². The molecule has 2 saturated heterocycles. The molecule has 4 nitrogen and oxygen atoms in total. The van der Waals surface area contributed by atoms with E-state index in [0.29, 0.717) is 11.3 Å². The topological polar surface area (TPSA) is 35.6 Å². The van der Waals surface area contributed by atoms with E-state index in [1.54, 1.807) is 0 Å². The number of piperazine rings is 1. The van der Waals surface area contributed by atoms with E-state index in [1.165, 1.54) is 64.5 Å². The molecule has 0 aromatic carbocycles. The summed E-state index contributed by atoms with van der Waals surface area (Å²) in [5.74, 6) is 0.363. The Kier molecular flexibility index (Phi) is 5.75. The highest BCUT2D eigenvalue weighted by Crippen LogP contribution is 2.42. The van der Waals surface area contributed by atoms with Crippen LogP contribution in [-0.2, 0) is 4.79 Å². The molecule has 3 aliphatic rings. The normalized spacial score (nSPS) is 26.8. The fourth-order valence-corrected chi connectivity index (χ4v) is 4.71. The molecule has 0 aromatic heterocycles. The van der Waals surface area contributed by atoms with Gasteiger partial charge in [-0.05, 0) is 37.6 Å². The largest absolute Gasteiger partial charge is 0.340 e.